The Kier molecular flexibility index (Phi) is 4.30. The predicted molar refractivity (Wildman–Crippen MR) is 93.4 cm³/mol. The van der Waals surface area contributed by atoms with E-state index in [9.17, 15) is 9.59 Å². The number of Topliss-reactive ketones (excluding diaryl/α,β-unsaturated/α-hetero) is 1. The zero-order valence-corrected chi connectivity index (χ0v) is 13.5. The van der Waals surface area contributed by atoms with E-state index in [0.29, 0.717) is 17.0 Å². The fourth-order valence-electron chi connectivity index (χ4n) is 2.88. The SMILES string of the molecule is CC(=O)c1c(CCc2ccccc2)c2cc(Cl)ccc2[nH]c1=O. The van der Waals surface area contributed by atoms with Gasteiger partial charge in [0.2, 0.25) is 0 Å². The number of rotatable bonds is 4. The summed E-state index contributed by atoms with van der Waals surface area (Å²) in [5.74, 6) is -0.226. The van der Waals surface area contributed by atoms with Crippen molar-refractivity contribution in [2.45, 2.75) is 19.8 Å². The van der Waals surface area contributed by atoms with Crippen LogP contribution in [0.1, 0.15) is 28.4 Å². The van der Waals surface area contributed by atoms with Crippen LogP contribution in [0.2, 0.25) is 5.02 Å². The standard InChI is InChI=1S/C19H16ClNO2/c1-12(22)18-15(9-7-13-5-3-2-4-6-13)16-11-14(20)8-10-17(16)21-19(18)23/h2-6,8,10-11H,7,9H2,1H3,(H,21,23). The molecule has 3 rings (SSSR count). The minimum absolute atomic E-state index is 0.226. The van der Waals surface area contributed by atoms with Crippen molar-refractivity contribution in [3.05, 3.63) is 80.6 Å². The van der Waals surface area contributed by atoms with Crippen molar-refractivity contribution < 1.29 is 4.79 Å². The van der Waals surface area contributed by atoms with E-state index in [4.69, 9.17) is 11.6 Å². The number of H-pyrrole nitrogens is 1. The Bertz CT molecular complexity index is 929. The van der Waals surface area contributed by atoms with Gasteiger partial charge in [-0.2, -0.15) is 0 Å². The van der Waals surface area contributed by atoms with Gasteiger partial charge in [0, 0.05) is 15.9 Å². The lowest BCUT2D eigenvalue weighted by atomic mass is 9.95. The smallest absolute Gasteiger partial charge is 0.259 e. The topological polar surface area (TPSA) is 49.9 Å². The third-order valence-electron chi connectivity index (χ3n) is 3.94. The third-order valence-corrected chi connectivity index (χ3v) is 4.18. The molecule has 0 bridgehead atoms. The molecule has 2 aromatic carbocycles. The van der Waals surface area contributed by atoms with E-state index in [1.54, 1.807) is 18.2 Å². The van der Waals surface area contributed by atoms with E-state index >= 15 is 0 Å². The van der Waals surface area contributed by atoms with Crippen molar-refractivity contribution in [3.63, 3.8) is 0 Å². The molecule has 0 aliphatic carbocycles. The molecule has 116 valence electrons. The predicted octanol–water partition coefficient (Wildman–Crippen LogP) is 4.17. The molecule has 1 heterocycles. The van der Waals surface area contributed by atoms with Gasteiger partial charge in [-0.25, -0.2) is 0 Å². The molecule has 1 aromatic heterocycles. The highest BCUT2D eigenvalue weighted by molar-refractivity contribution is 6.31. The maximum atomic E-state index is 12.3. The number of hydrogen-bond donors (Lipinski definition) is 1. The number of carbonyl (C=O) groups excluding carboxylic acids is 1. The van der Waals surface area contributed by atoms with Crippen molar-refractivity contribution >= 4 is 28.3 Å². The van der Waals surface area contributed by atoms with Gasteiger partial charge in [-0.05, 0) is 49.1 Å². The molecule has 3 nitrogen and oxygen atoms in total. The van der Waals surface area contributed by atoms with Crippen LogP contribution in [0.25, 0.3) is 10.9 Å². The van der Waals surface area contributed by atoms with Crippen molar-refractivity contribution in [1.82, 2.24) is 4.98 Å². The highest BCUT2D eigenvalue weighted by Gasteiger charge is 2.16. The summed E-state index contributed by atoms with van der Waals surface area (Å²) in [6.07, 6.45) is 1.37. The van der Waals surface area contributed by atoms with Crippen LogP contribution in [0, 0.1) is 0 Å². The van der Waals surface area contributed by atoms with Gasteiger partial charge >= 0.3 is 0 Å². The summed E-state index contributed by atoms with van der Waals surface area (Å²) in [7, 11) is 0. The first-order valence-corrected chi connectivity index (χ1v) is 7.83. The largest absolute Gasteiger partial charge is 0.321 e. The number of pyridine rings is 1. The highest BCUT2D eigenvalue weighted by Crippen LogP contribution is 2.24. The molecule has 0 aliphatic heterocycles. The normalized spacial score (nSPS) is 10.9. The average Bonchev–Trinajstić information content (AvgIpc) is 2.53. The van der Waals surface area contributed by atoms with Gasteiger partial charge in [0.25, 0.3) is 5.56 Å². The van der Waals surface area contributed by atoms with Crippen LogP contribution in [-0.2, 0) is 12.8 Å². The number of nitrogens with one attached hydrogen (secondary N) is 1. The molecule has 0 saturated heterocycles. The Morgan fingerprint density at radius 3 is 2.52 bits per heavy atom. The molecule has 1 N–H and O–H groups in total. The summed E-state index contributed by atoms with van der Waals surface area (Å²) < 4.78 is 0. The molecule has 23 heavy (non-hydrogen) atoms. The van der Waals surface area contributed by atoms with Crippen molar-refractivity contribution in [3.8, 4) is 0 Å². The molecule has 0 aliphatic rings. The molecule has 3 aromatic rings. The molecule has 0 unspecified atom stereocenters. The van der Waals surface area contributed by atoms with Gasteiger partial charge in [0.15, 0.2) is 5.78 Å². The Labute approximate surface area is 138 Å². The number of aromatic amines is 1. The number of hydrogen-bond acceptors (Lipinski definition) is 2. The summed E-state index contributed by atoms with van der Waals surface area (Å²) in [6, 6.07) is 15.3. The van der Waals surface area contributed by atoms with Gasteiger partial charge in [-0.3, -0.25) is 9.59 Å². The molecule has 0 atom stereocenters. The number of aryl methyl sites for hydroxylation is 2. The first-order valence-electron chi connectivity index (χ1n) is 7.45. The van der Waals surface area contributed by atoms with Crippen LogP contribution >= 0.6 is 11.6 Å². The first kappa shape index (κ1) is 15.5. The van der Waals surface area contributed by atoms with Crippen LogP contribution in [0.5, 0.6) is 0 Å². The van der Waals surface area contributed by atoms with E-state index in [1.165, 1.54) is 6.92 Å². The van der Waals surface area contributed by atoms with Crippen LogP contribution in [0.3, 0.4) is 0 Å². The van der Waals surface area contributed by atoms with Gasteiger partial charge in [-0.15, -0.1) is 0 Å². The minimum Gasteiger partial charge on any atom is -0.321 e. The lowest BCUT2D eigenvalue weighted by molar-refractivity contribution is 0.101. The number of halogens is 1. The number of carbonyl (C=O) groups is 1. The van der Waals surface area contributed by atoms with Gasteiger partial charge in [0.1, 0.15) is 0 Å². The summed E-state index contributed by atoms with van der Waals surface area (Å²) in [4.78, 5) is 27.0. The van der Waals surface area contributed by atoms with E-state index in [0.717, 1.165) is 22.9 Å². The average molecular weight is 326 g/mol. The van der Waals surface area contributed by atoms with Crippen LogP contribution in [0.4, 0.5) is 0 Å². The maximum Gasteiger partial charge on any atom is 0.259 e. The maximum absolute atomic E-state index is 12.3. The van der Waals surface area contributed by atoms with Gasteiger partial charge in [0.05, 0.1) is 5.56 Å². The zero-order valence-electron chi connectivity index (χ0n) is 12.7. The lowest BCUT2D eigenvalue weighted by Crippen LogP contribution is -2.20. The lowest BCUT2D eigenvalue weighted by Gasteiger charge is -2.11. The first-order chi connectivity index (χ1) is 11.1. The Morgan fingerprint density at radius 1 is 1.09 bits per heavy atom. The number of benzene rings is 2. The van der Waals surface area contributed by atoms with Crippen LogP contribution < -0.4 is 5.56 Å². The molecular weight excluding hydrogens is 310 g/mol. The summed E-state index contributed by atoms with van der Waals surface area (Å²) in [5, 5.41) is 1.42. The molecule has 0 spiro atoms. The van der Waals surface area contributed by atoms with Gasteiger partial charge < -0.3 is 4.98 Å². The molecule has 4 heteroatoms. The zero-order chi connectivity index (χ0) is 16.4. The second-order valence-electron chi connectivity index (χ2n) is 5.54. The molecular formula is C19H16ClNO2. The molecule has 0 fully saturated rings. The van der Waals surface area contributed by atoms with E-state index in [-0.39, 0.29) is 16.9 Å². The number of aromatic nitrogens is 1. The quantitative estimate of drug-likeness (QED) is 0.732. The van der Waals surface area contributed by atoms with Crippen molar-refractivity contribution in [1.29, 1.82) is 0 Å². The van der Waals surface area contributed by atoms with E-state index in [1.807, 2.05) is 30.3 Å². The number of fused-ring (bicyclic) bond motifs is 1. The van der Waals surface area contributed by atoms with Crippen LogP contribution in [-0.4, -0.2) is 10.8 Å². The van der Waals surface area contributed by atoms with Crippen molar-refractivity contribution in [2.24, 2.45) is 0 Å². The van der Waals surface area contributed by atoms with E-state index in [2.05, 4.69) is 4.98 Å². The molecule has 0 saturated carbocycles. The van der Waals surface area contributed by atoms with Crippen LogP contribution in [0.15, 0.2) is 53.3 Å². The third kappa shape index (κ3) is 3.20. The Morgan fingerprint density at radius 2 is 1.83 bits per heavy atom. The minimum atomic E-state index is -0.338. The highest BCUT2D eigenvalue weighted by atomic mass is 35.5. The summed E-state index contributed by atoms with van der Waals surface area (Å²) in [6.45, 7) is 1.42. The monoisotopic (exact) mass is 325 g/mol. The fraction of sp³-hybridized carbons (Fsp3) is 0.158. The summed E-state index contributed by atoms with van der Waals surface area (Å²) >= 11 is 6.10. The van der Waals surface area contributed by atoms with E-state index < -0.39 is 0 Å². The Hall–Kier alpha value is -2.39. The molecule has 0 amide bonds. The second kappa shape index (κ2) is 6.39. The number of ketones is 1. The molecule has 0 radical (unpaired) electrons. The second-order valence-corrected chi connectivity index (χ2v) is 5.98. The summed E-state index contributed by atoms with van der Waals surface area (Å²) in [5.41, 5.74) is 2.53. The van der Waals surface area contributed by atoms with Crippen molar-refractivity contribution in [2.75, 3.05) is 0 Å². The van der Waals surface area contributed by atoms with Gasteiger partial charge in [-0.1, -0.05) is 41.9 Å². The fourth-order valence-corrected chi connectivity index (χ4v) is 3.05. The Balaban J connectivity index is 2.15.